The summed E-state index contributed by atoms with van der Waals surface area (Å²) in [5.74, 6) is 0.875. The standard InChI is InChI=1S/C8H12N4OS/c1-3-13-6-4-5(2)10-8(11-6)12-7(9)14/h4H,3H2,1-2H3,(H3,9,10,11,12,14). The molecule has 1 aromatic heterocycles. The van der Waals surface area contributed by atoms with Crippen LogP contribution in [0.4, 0.5) is 5.95 Å². The van der Waals surface area contributed by atoms with Gasteiger partial charge in [-0.25, -0.2) is 4.98 Å². The minimum Gasteiger partial charge on any atom is -0.478 e. The molecule has 0 unspecified atom stereocenters. The maximum atomic E-state index is 5.30. The van der Waals surface area contributed by atoms with Gasteiger partial charge in [0.2, 0.25) is 11.8 Å². The number of thiocarbonyl (C=S) groups is 1. The highest BCUT2D eigenvalue weighted by molar-refractivity contribution is 7.80. The number of ether oxygens (including phenoxy) is 1. The zero-order chi connectivity index (χ0) is 10.6. The molecule has 6 heteroatoms. The lowest BCUT2D eigenvalue weighted by atomic mass is 10.4. The monoisotopic (exact) mass is 212 g/mol. The van der Waals surface area contributed by atoms with Gasteiger partial charge in [-0.1, -0.05) is 0 Å². The highest BCUT2D eigenvalue weighted by Crippen LogP contribution is 2.11. The van der Waals surface area contributed by atoms with E-state index in [0.717, 1.165) is 5.69 Å². The molecule has 0 aliphatic carbocycles. The highest BCUT2D eigenvalue weighted by Gasteiger charge is 2.02. The maximum absolute atomic E-state index is 5.30. The first-order valence-electron chi connectivity index (χ1n) is 4.16. The second kappa shape index (κ2) is 4.71. The Morgan fingerprint density at radius 1 is 1.64 bits per heavy atom. The van der Waals surface area contributed by atoms with Crippen molar-refractivity contribution in [3.8, 4) is 5.88 Å². The fourth-order valence-corrected chi connectivity index (χ4v) is 1.02. The summed E-state index contributed by atoms with van der Waals surface area (Å²) in [6.45, 7) is 4.29. The number of aromatic nitrogens is 2. The molecule has 1 rings (SSSR count). The molecule has 76 valence electrons. The fourth-order valence-electron chi connectivity index (χ4n) is 0.928. The van der Waals surface area contributed by atoms with Crippen LogP contribution in [0.15, 0.2) is 6.07 Å². The summed E-state index contributed by atoms with van der Waals surface area (Å²) in [5.41, 5.74) is 6.09. The fraction of sp³-hybridized carbons (Fsp3) is 0.375. The van der Waals surface area contributed by atoms with Gasteiger partial charge >= 0.3 is 0 Å². The molecule has 1 heterocycles. The molecule has 0 fully saturated rings. The molecule has 0 saturated carbocycles. The Balaban J connectivity index is 2.88. The molecule has 0 spiro atoms. The summed E-state index contributed by atoms with van der Waals surface area (Å²) in [6, 6.07) is 1.74. The van der Waals surface area contributed by atoms with E-state index in [4.69, 9.17) is 10.5 Å². The lowest BCUT2D eigenvalue weighted by Gasteiger charge is -2.06. The molecule has 5 nitrogen and oxygen atoms in total. The van der Waals surface area contributed by atoms with Crippen LogP contribution < -0.4 is 15.8 Å². The van der Waals surface area contributed by atoms with Gasteiger partial charge in [0.1, 0.15) is 0 Å². The van der Waals surface area contributed by atoms with Crippen molar-refractivity contribution in [2.75, 3.05) is 11.9 Å². The average molecular weight is 212 g/mol. The Bertz CT molecular complexity index is 342. The summed E-state index contributed by atoms with van der Waals surface area (Å²) in [7, 11) is 0. The van der Waals surface area contributed by atoms with E-state index in [-0.39, 0.29) is 5.11 Å². The smallest absolute Gasteiger partial charge is 0.232 e. The molecule has 14 heavy (non-hydrogen) atoms. The van der Waals surface area contributed by atoms with Crippen LogP contribution in [0.3, 0.4) is 0 Å². The van der Waals surface area contributed by atoms with Crippen molar-refractivity contribution in [2.45, 2.75) is 13.8 Å². The van der Waals surface area contributed by atoms with E-state index in [0.29, 0.717) is 18.4 Å². The Hall–Kier alpha value is -1.43. The van der Waals surface area contributed by atoms with Crippen LogP contribution in [0, 0.1) is 6.92 Å². The molecule has 0 aliphatic heterocycles. The van der Waals surface area contributed by atoms with E-state index in [1.807, 2.05) is 13.8 Å². The SMILES string of the molecule is CCOc1cc(C)nc(NC(N)=S)n1. The van der Waals surface area contributed by atoms with Crippen molar-refractivity contribution in [3.05, 3.63) is 11.8 Å². The third-order valence-electron chi connectivity index (χ3n) is 1.36. The Morgan fingerprint density at radius 3 is 2.93 bits per heavy atom. The number of nitrogens with one attached hydrogen (secondary N) is 1. The molecular formula is C8H12N4OS. The van der Waals surface area contributed by atoms with E-state index >= 15 is 0 Å². The van der Waals surface area contributed by atoms with E-state index in [9.17, 15) is 0 Å². The quantitative estimate of drug-likeness (QED) is 0.723. The minimum absolute atomic E-state index is 0.137. The zero-order valence-electron chi connectivity index (χ0n) is 8.07. The summed E-state index contributed by atoms with van der Waals surface area (Å²) in [4.78, 5) is 8.14. The van der Waals surface area contributed by atoms with Crippen LogP contribution in [0.1, 0.15) is 12.6 Å². The Labute approximate surface area is 87.7 Å². The van der Waals surface area contributed by atoms with E-state index in [1.165, 1.54) is 0 Å². The van der Waals surface area contributed by atoms with Crippen molar-refractivity contribution >= 4 is 23.3 Å². The van der Waals surface area contributed by atoms with Crippen LogP contribution in [0.25, 0.3) is 0 Å². The molecule has 0 aliphatic rings. The summed E-state index contributed by atoms with van der Waals surface area (Å²) in [5, 5.41) is 2.79. The molecular weight excluding hydrogens is 200 g/mol. The normalized spacial score (nSPS) is 9.57. The molecule has 1 aromatic rings. The van der Waals surface area contributed by atoms with Gasteiger partial charge in [-0.2, -0.15) is 4.98 Å². The van der Waals surface area contributed by atoms with Crippen LogP contribution >= 0.6 is 12.2 Å². The van der Waals surface area contributed by atoms with Crippen molar-refractivity contribution < 1.29 is 4.74 Å². The van der Waals surface area contributed by atoms with Gasteiger partial charge < -0.3 is 15.8 Å². The Kier molecular flexibility index (Phi) is 3.58. The Morgan fingerprint density at radius 2 is 2.36 bits per heavy atom. The largest absolute Gasteiger partial charge is 0.478 e. The topological polar surface area (TPSA) is 73.1 Å². The van der Waals surface area contributed by atoms with Crippen molar-refractivity contribution in [1.82, 2.24) is 9.97 Å². The second-order valence-corrected chi connectivity index (χ2v) is 3.03. The molecule has 0 aromatic carbocycles. The molecule has 0 amide bonds. The average Bonchev–Trinajstić information content (AvgIpc) is 2.01. The number of rotatable bonds is 3. The van der Waals surface area contributed by atoms with Gasteiger partial charge in [-0.3, -0.25) is 0 Å². The maximum Gasteiger partial charge on any atom is 0.232 e. The molecule has 0 saturated heterocycles. The number of nitrogens with zero attached hydrogens (tertiary/aromatic N) is 2. The lowest BCUT2D eigenvalue weighted by Crippen LogP contribution is -2.20. The van der Waals surface area contributed by atoms with Crippen LogP contribution in [-0.2, 0) is 0 Å². The van der Waals surface area contributed by atoms with Gasteiger partial charge in [0.25, 0.3) is 0 Å². The van der Waals surface area contributed by atoms with Crippen LogP contribution in [-0.4, -0.2) is 21.7 Å². The highest BCUT2D eigenvalue weighted by atomic mass is 32.1. The molecule has 3 N–H and O–H groups in total. The number of hydrogen-bond donors (Lipinski definition) is 2. The van der Waals surface area contributed by atoms with Crippen molar-refractivity contribution in [1.29, 1.82) is 0 Å². The third kappa shape index (κ3) is 3.14. The van der Waals surface area contributed by atoms with Gasteiger partial charge in [-0.15, -0.1) is 0 Å². The number of anilines is 1. The van der Waals surface area contributed by atoms with Crippen molar-refractivity contribution in [3.63, 3.8) is 0 Å². The van der Waals surface area contributed by atoms with Crippen LogP contribution in [0.5, 0.6) is 5.88 Å². The number of nitrogens with two attached hydrogens (primary N) is 1. The third-order valence-corrected chi connectivity index (χ3v) is 1.46. The van der Waals surface area contributed by atoms with Gasteiger partial charge in [0.05, 0.1) is 6.61 Å². The van der Waals surface area contributed by atoms with Gasteiger partial charge in [-0.05, 0) is 26.1 Å². The second-order valence-electron chi connectivity index (χ2n) is 2.59. The summed E-state index contributed by atoms with van der Waals surface area (Å²) < 4.78 is 5.23. The van der Waals surface area contributed by atoms with E-state index in [2.05, 4.69) is 27.5 Å². The lowest BCUT2D eigenvalue weighted by molar-refractivity contribution is 0.326. The summed E-state index contributed by atoms with van der Waals surface area (Å²) in [6.07, 6.45) is 0. The number of hydrogen-bond acceptors (Lipinski definition) is 4. The number of aryl methyl sites for hydroxylation is 1. The predicted octanol–water partition coefficient (Wildman–Crippen LogP) is 0.839. The predicted molar refractivity (Wildman–Crippen MR) is 58.3 cm³/mol. The van der Waals surface area contributed by atoms with Crippen molar-refractivity contribution in [2.24, 2.45) is 5.73 Å². The first-order chi connectivity index (χ1) is 6.61. The molecule has 0 atom stereocenters. The minimum atomic E-state index is 0.137. The van der Waals surface area contributed by atoms with Crippen LogP contribution in [0.2, 0.25) is 0 Å². The van der Waals surface area contributed by atoms with Gasteiger partial charge in [0.15, 0.2) is 5.11 Å². The molecule has 0 radical (unpaired) electrons. The summed E-state index contributed by atoms with van der Waals surface area (Å²) >= 11 is 4.67. The zero-order valence-corrected chi connectivity index (χ0v) is 8.89. The first-order valence-corrected chi connectivity index (χ1v) is 4.57. The molecule has 0 bridgehead atoms. The van der Waals surface area contributed by atoms with E-state index < -0.39 is 0 Å². The van der Waals surface area contributed by atoms with E-state index in [1.54, 1.807) is 6.07 Å². The first kappa shape index (κ1) is 10.6. The van der Waals surface area contributed by atoms with Gasteiger partial charge in [0, 0.05) is 11.8 Å².